The van der Waals surface area contributed by atoms with Crippen LogP contribution in [0.25, 0.3) is 0 Å². The molecule has 1 aliphatic heterocycles. The molecule has 2 atom stereocenters. The van der Waals surface area contributed by atoms with Gasteiger partial charge < -0.3 is 16.0 Å². The summed E-state index contributed by atoms with van der Waals surface area (Å²) in [5.41, 5.74) is 6.08. The molecule has 0 saturated carbocycles. The van der Waals surface area contributed by atoms with Crippen molar-refractivity contribution >= 4 is 30.7 Å². The lowest BCUT2D eigenvalue weighted by Crippen LogP contribution is -2.49. The van der Waals surface area contributed by atoms with Crippen molar-refractivity contribution in [1.82, 2.24) is 10.2 Å². The number of benzene rings is 1. The van der Waals surface area contributed by atoms with Gasteiger partial charge in [-0.25, -0.2) is 0 Å². The van der Waals surface area contributed by atoms with Crippen molar-refractivity contribution in [2.45, 2.75) is 51.1 Å². The summed E-state index contributed by atoms with van der Waals surface area (Å²) in [4.78, 5) is 14.9. The van der Waals surface area contributed by atoms with Crippen molar-refractivity contribution in [3.8, 4) is 0 Å². The first-order valence-corrected chi connectivity index (χ1v) is 8.38. The Morgan fingerprint density at radius 2 is 1.96 bits per heavy atom. The Bertz CT molecular complexity index is 482. The van der Waals surface area contributed by atoms with Gasteiger partial charge in [-0.15, -0.1) is 24.8 Å². The quantitative estimate of drug-likeness (QED) is 0.751. The van der Waals surface area contributed by atoms with Gasteiger partial charge in [0.1, 0.15) is 5.54 Å². The number of piperidine rings is 1. The highest BCUT2D eigenvalue weighted by Gasteiger charge is 2.29. The first-order chi connectivity index (χ1) is 10.5. The number of hydrogen-bond acceptors (Lipinski definition) is 3. The van der Waals surface area contributed by atoms with E-state index >= 15 is 0 Å². The van der Waals surface area contributed by atoms with Crippen LogP contribution in [0.5, 0.6) is 0 Å². The molecule has 0 bridgehead atoms. The van der Waals surface area contributed by atoms with Crippen molar-refractivity contribution in [3.05, 3.63) is 35.9 Å². The minimum absolute atomic E-state index is 0. The summed E-state index contributed by atoms with van der Waals surface area (Å²) < 4.78 is 0. The predicted octanol–water partition coefficient (Wildman–Crippen LogP) is 3.08. The molecule has 2 rings (SSSR count). The second-order valence-corrected chi connectivity index (χ2v) is 6.56. The molecule has 1 aromatic carbocycles. The van der Waals surface area contributed by atoms with E-state index in [2.05, 4.69) is 17.1 Å². The van der Waals surface area contributed by atoms with Crippen LogP contribution in [-0.4, -0.2) is 36.5 Å². The Hall–Kier alpha value is -0.810. The van der Waals surface area contributed by atoms with Gasteiger partial charge >= 0.3 is 0 Å². The highest BCUT2D eigenvalue weighted by molar-refractivity contribution is 5.87. The average Bonchev–Trinajstić information content (AvgIpc) is 2.53. The van der Waals surface area contributed by atoms with Gasteiger partial charge in [-0.05, 0) is 45.2 Å². The van der Waals surface area contributed by atoms with Gasteiger partial charge in [0.15, 0.2) is 0 Å². The Morgan fingerprint density at radius 3 is 2.58 bits per heavy atom. The minimum atomic E-state index is -0.973. The zero-order chi connectivity index (χ0) is 16.0. The molecular weight excluding hydrogens is 345 g/mol. The molecule has 138 valence electrons. The maximum atomic E-state index is 12.3. The van der Waals surface area contributed by atoms with Crippen molar-refractivity contribution in [2.24, 2.45) is 5.73 Å². The summed E-state index contributed by atoms with van der Waals surface area (Å²) in [5, 5.41) is 2.99. The molecule has 3 N–H and O–H groups in total. The van der Waals surface area contributed by atoms with E-state index in [0.29, 0.717) is 12.6 Å². The highest BCUT2D eigenvalue weighted by Crippen LogP contribution is 2.18. The van der Waals surface area contributed by atoms with E-state index < -0.39 is 5.54 Å². The largest absolute Gasteiger partial charge is 0.354 e. The zero-order valence-electron chi connectivity index (χ0n) is 14.7. The number of likely N-dealkylation sites (tertiary alicyclic amines) is 1. The van der Waals surface area contributed by atoms with Gasteiger partial charge in [-0.1, -0.05) is 36.8 Å². The Kier molecular flexibility index (Phi) is 10.6. The Labute approximate surface area is 158 Å². The van der Waals surface area contributed by atoms with Crippen LogP contribution in [0.1, 0.15) is 45.1 Å². The first kappa shape index (κ1) is 23.2. The van der Waals surface area contributed by atoms with Crippen LogP contribution in [0.15, 0.2) is 30.3 Å². The topological polar surface area (TPSA) is 58.4 Å². The third-order valence-corrected chi connectivity index (χ3v) is 4.69. The Morgan fingerprint density at radius 1 is 1.29 bits per heavy atom. The van der Waals surface area contributed by atoms with Crippen LogP contribution in [-0.2, 0) is 10.3 Å². The molecule has 24 heavy (non-hydrogen) atoms. The molecule has 1 saturated heterocycles. The van der Waals surface area contributed by atoms with E-state index in [1.165, 1.54) is 25.8 Å². The lowest BCUT2D eigenvalue weighted by atomic mass is 9.92. The molecule has 0 aromatic heterocycles. The second-order valence-electron chi connectivity index (χ2n) is 6.56. The van der Waals surface area contributed by atoms with Gasteiger partial charge in [0, 0.05) is 19.1 Å². The predicted molar refractivity (Wildman–Crippen MR) is 105 cm³/mol. The molecule has 6 heteroatoms. The van der Waals surface area contributed by atoms with Gasteiger partial charge in [-0.2, -0.15) is 0 Å². The van der Waals surface area contributed by atoms with E-state index in [1.54, 1.807) is 6.92 Å². The van der Waals surface area contributed by atoms with Crippen LogP contribution in [0.3, 0.4) is 0 Å². The summed E-state index contributed by atoms with van der Waals surface area (Å²) in [7, 11) is 0. The van der Waals surface area contributed by atoms with Crippen molar-refractivity contribution in [3.63, 3.8) is 0 Å². The third kappa shape index (κ3) is 6.25. The van der Waals surface area contributed by atoms with Crippen LogP contribution < -0.4 is 11.1 Å². The number of nitrogens with zero attached hydrogens (tertiary/aromatic N) is 1. The van der Waals surface area contributed by atoms with Crippen LogP contribution >= 0.6 is 24.8 Å². The number of carbonyl (C=O) groups excluding carboxylic acids is 1. The van der Waals surface area contributed by atoms with Crippen molar-refractivity contribution in [1.29, 1.82) is 0 Å². The maximum absolute atomic E-state index is 12.3. The molecular formula is C18H31Cl2N3O. The second kappa shape index (κ2) is 10.9. The van der Waals surface area contributed by atoms with Gasteiger partial charge in [0.05, 0.1) is 0 Å². The fraction of sp³-hybridized carbons (Fsp3) is 0.611. The van der Waals surface area contributed by atoms with E-state index in [0.717, 1.165) is 18.5 Å². The number of amides is 1. The SMILES string of the molecule is CC1CCCCN1CCCNC(=O)C(C)(N)c1ccccc1.Cl.Cl. The lowest BCUT2D eigenvalue weighted by Gasteiger charge is -2.33. The fourth-order valence-corrected chi connectivity index (χ4v) is 3.07. The number of carbonyl (C=O) groups is 1. The Balaban J connectivity index is 0.00000264. The monoisotopic (exact) mass is 375 g/mol. The molecule has 0 spiro atoms. The van der Waals surface area contributed by atoms with E-state index in [4.69, 9.17) is 5.73 Å². The molecule has 1 aromatic rings. The van der Waals surface area contributed by atoms with E-state index in [9.17, 15) is 4.79 Å². The highest BCUT2D eigenvalue weighted by atomic mass is 35.5. The molecule has 1 fully saturated rings. The molecule has 1 amide bonds. The molecule has 1 aliphatic rings. The standard InChI is InChI=1S/C18H29N3O.2ClH/c1-15-9-6-7-13-21(15)14-8-12-20-17(22)18(2,19)16-10-4-3-5-11-16;;/h3-5,10-11,15H,6-9,12-14,19H2,1-2H3,(H,20,22);2*1H. The number of hydrogen-bond donors (Lipinski definition) is 2. The normalized spacial score (nSPS) is 20.2. The summed E-state index contributed by atoms with van der Waals surface area (Å²) in [6, 6.07) is 10.2. The lowest BCUT2D eigenvalue weighted by molar-refractivity contribution is -0.126. The number of nitrogens with two attached hydrogens (primary N) is 1. The average molecular weight is 376 g/mol. The van der Waals surface area contributed by atoms with E-state index in [1.807, 2.05) is 30.3 Å². The number of nitrogens with one attached hydrogen (secondary N) is 1. The fourth-order valence-electron chi connectivity index (χ4n) is 3.07. The summed E-state index contributed by atoms with van der Waals surface area (Å²) >= 11 is 0. The first-order valence-electron chi connectivity index (χ1n) is 8.38. The smallest absolute Gasteiger partial charge is 0.244 e. The van der Waals surface area contributed by atoms with Crippen LogP contribution in [0, 0.1) is 0 Å². The van der Waals surface area contributed by atoms with Crippen molar-refractivity contribution in [2.75, 3.05) is 19.6 Å². The molecule has 1 heterocycles. The zero-order valence-corrected chi connectivity index (χ0v) is 16.3. The number of halogens is 2. The van der Waals surface area contributed by atoms with Crippen LogP contribution in [0.2, 0.25) is 0 Å². The molecule has 2 unspecified atom stereocenters. The van der Waals surface area contributed by atoms with Crippen LogP contribution in [0.4, 0.5) is 0 Å². The molecule has 0 radical (unpaired) electrons. The molecule has 4 nitrogen and oxygen atoms in total. The van der Waals surface area contributed by atoms with E-state index in [-0.39, 0.29) is 30.7 Å². The van der Waals surface area contributed by atoms with Gasteiger partial charge in [-0.3, -0.25) is 4.79 Å². The summed E-state index contributed by atoms with van der Waals surface area (Å²) in [5.74, 6) is -0.106. The van der Waals surface area contributed by atoms with Crippen molar-refractivity contribution < 1.29 is 4.79 Å². The van der Waals surface area contributed by atoms with Gasteiger partial charge in [0.25, 0.3) is 0 Å². The summed E-state index contributed by atoms with van der Waals surface area (Å²) in [6.07, 6.45) is 4.91. The number of rotatable bonds is 6. The third-order valence-electron chi connectivity index (χ3n) is 4.69. The van der Waals surface area contributed by atoms with Gasteiger partial charge in [0.2, 0.25) is 5.91 Å². The molecule has 0 aliphatic carbocycles. The maximum Gasteiger partial charge on any atom is 0.244 e. The summed E-state index contributed by atoms with van der Waals surface area (Å²) in [6.45, 7) is 6.98. The minimum Gasteiger partial charge on any atom is -0.354 e.